The number of rotatable bonds is 14. The highest BCUT2D eigenvalue weighted by atomic mass is 19.4. The van der Waals surface area contributed by atoms with Crippen molar-refractivity contribution in [2.24, 2.45) is 0 Å². The molecule has 3 aromatic rings. The fourth-order valence-electron chi connectivity index (χ4n) is 3.84. The third-order valence-electron chi connectivity index (χ3n) is 5.55. The number of ether oxygens (including phenoxy) is 3. The number of hydrogen-bond donors (Lipinski definition) is 1. The summed E-state index contributed by atoms with van der Waals surface area (Å²) in [5.41, 5.74) is 1.48. The maximum Gasteiger partial charge on any atom is 0.573 e. The molecule has 0 aliphatic rings. The predicted molar refractivity (Wildman–Crippen MR) is 134 cm³/mol. The summed E-state index contributed by atoms with van der Waals surface area (Å²) in [7, 11) is 0. The molecule has 0 spiro atoms. The second-order valence-electron chi connectivity index (χ2n) is 8.92. The largest absolute Gasteiger partial charge is 0.573 e. The lowest BCUT2D eigenvalue weighted by Gasteiger charge is -2.28. The number of alkyl halides is 7. The van der Waals surface area contributed by atoms with Gasteiger partial charge < -0.3 is 24.2 Å². The lowest BCUT2D eigenvalue weighted by atomic mass is 10.1. The van der Waals surface area contributed by atoms with Crippen molar-refractivity contribution >= 4 is 5.69 Å². The minimum absolute atomic E-state index is 0.0608. The number of aliphatic hydroxyl groups is 1. The van der Waals surface area contributed by atoms with Crippen LogP contribution in [0.1, 0.15) is 30.9 Å². The van der Waals surface area contributed by atoms with E-state index < -0.39 is 30.7 Å². The quantitative estimate of drug-likeness (QED) is 0.201. The van der Waals surface area contributed by atoms with Gasteiger partial charge in [0.15, 0.2) is 0 Å². The zero-order chi connectivity index (χ0) is 29.3. The first kappa shape index (κ1) is 30.9. The molecule has 3 rings (SSSR count). The summed E-state index contributed by atoms with van der Waals surface area (Å²) in [5, 5.41) is 10.5. The van der Waals surface area contributed by atoms with Crippen LogP contribution in [0.15, 0.2) is 72.8 Å². The third-order valence-corrected chi connectivity index (χ3v) is 5.55. The lowest BCUT2D eigenvalue weighted by molar-refractivity contribution is -0.274. The van der Waals surface area contributed by atoms with Crippen LogP contribution in [0.5, 0.6) is 17.2 Å². The molecule has 0 saturated heterocycles. The first-order chi connectivity index (χ1) is 18.8. The minimum Gasteiger partial charge on any atom is -0.489 e. The standard InChI is InChI=1S/C28H28F7NO4/c1-2-6-22(37)17-36(16-19-7-3-11-24(13-19)39-27(31,32)26(29)30)21-9-5-10-23(15-21)38-18-20-8-4-12-25(14-20)40-28(33,34)35/h3-5,7-15,22,26,37H,2,6,16-18H2,1H3. The highest BCUT2D eigenvalue weighted by Crippen LogP contribution is 2.30. The number of hydrogen-bond acceptors (Lipinski definition) is 5. The molecule has 40 heavy (non-hydrogen) atoms. The average Bonchev–Trinajstić information content (AvgIpc) is 2.86. The van der Waals surface area contributed by atoms with Gasteiger partial charge in [-0.05, 0) is 53.9 Å². The minimum atomic E-state index is -4.82. The maximum absolute atomic E-state index is 13.4. The van der Waals surface area contributed by atoms with Crippen LogP contribution in [0.25, 0.3) is 0 Å². The van der Waals surface area contributed by atoms with Crippen LogP contribution >= 0.6 is 0 Å². The van der Waals surface area contributed by atoms with E-state index in [0.717, 1.165) is 6.07 Å². The van der Waals surface area contributed by atoms with Crippen molar-refractivity contribution in [2.45, 2.75) is 57.9 Å². The van der Waals surface area contributed by atoms with Crippen molar-refractivity contribution < 1.29 is 50.1 Å². The van der Waals surface area contributed by atoms with Crippen molar-refractivity contribution in [3.8, 4) is 17.2 Å². The number of anilines is 1. The van der Waals surface area contributed by atoms with Gasteiger partial charge in [0.25, 0.3) is 0 Å². The molecule has 0 radical (unpaired) electrons. The van der Waals surface area contributed by atoms with Crippen LogP contribution in [-0.4, -0.2) is 36.7 Å². The van der Waals surface area contributed by atoms with Gasteiger partial charge in [-0.2, -0.15) is 17.6 Å². The first-order valence-electron chi connectivity index (χ1n) is 12.3. The smallest absolute Gasteiger partial charge is 0.489 e. The second kappa shape index (κ2) is 13.6. The van der Waals surface area contributed by atoms with Gasteiger partial charge in [0.1, 0.15) is 23.9 Å². The van der Waals surface area contributed by atoms with Gasteiger partial charge >= 0.3 is 18.9 Å². The van der Waals surface area contributed by atoms with Crippen LogP contribution in [0, 0.1) is 0 Å². The summed E-state index contributed by atoms with van der Waals surface area (Å²) in [4.78, 5) is 1.76. The van der Waals surface area contributed by atoms with Gasteiger partial charge in [-0.15, -0.1) is 13.2 Å². The molecule has 0 heterocycles. The number of aliphatic hydroxyl groups excluding tert-OH is 1. The van der Waals surface area contributed by atoms with Gasteiger partial charge in [0, 0.05) is 24.8 Å². The molecule has 0 amide bonds. The van der Waals surface area contributed by atoms with Crippen LogP contribution in [-0.2, 0) is 13.2 Å². The molecular weight excluding hydrogens is 547 g/mol. The Morgan fingerprint density at radius 2 is 1.40 bits per heavy atom. The topological polar surface area (TPSA) is 51.2 Å². The Labute approximate surface area is 226 Å². The number of halogens is 7. The first-order valence-corrected chi connectivity index (χ1v) is 12.3. The van der Waals surface area contributed by atoms with Gasteiger partial charge in [0.2, 0.25) is 0 Å². The van der Waals surface area contributed by atoms with Crippen LogP contribution < -0.4 is 19.1 Å². The summed E-state index contributed by atoms with van der Waals surface area (Å²) < 4.78 is 103. The fraction of sp³-hybridized carbons (Fsp3) is 0.357. The van der Waals surface area contributed by atoms with Crippen LogP contribution in [0.2, 0.25) is 0 Å². The van der Waals surface area contributed by atoms with Gasteiger partial charge in [0.05, 0.1) is 6.10 Å². The number of nitrogens with zero attached hydrogens (tertiary/aromatic N) is 1. The van der Waals surface area contributed by atoms with Gasteiger partial charge in [-0.1, -0.05) is 43.7 Å². The Morgan fingerprint density at radius 1 is 0.800 bits per heavy atom. The molecule has 3 aromatic carbocycles. The molecule has 0 fully saturated rings. The van der Waals surface area contributed by atoms with Crippen molar-refractivity contribution in [3.05, 3.63) is 83.9 Å². The van der Waals surface area contributed by atoms with Crippen LogP contribution in [0.4, 0.5) is 36.4 Å². The Bertz CT molecular complexity index is 1220. The zero-order valence-corrected chi connectivity index (χ0v) is 21.4. The third kappa shape index (κ3) is 9.82. The Morgan fingerprint density at radius 3 is 2.05 bits per heavy atom. The summed E-state index contributed by atoms with van der Waals surface area (Å²) in [6.07, 6.45) is -13.0. The monoisotopic (exact) mass is 575 g/mol. The van der Waals surface area contributed by atoms with E-state index in [1.165, 1.54) is 30.3 Å². The normalized spacial score (nSPS) is 12.8. The van der Waals surface area contributed by atoms with Crippen molar-refractivity contribution in [1.82, 2.24) is 0 Å². The van der Waals surface area contributed by atoms with E-state index in [4.69, 9.17) is 4.74 Å². The molecule has 0 aliphatic carbocycles. The van der Waals surface area contributed by atoms with Crippen LogP contribution in [0.3, 0.4) is 0 Å². The molecule has 1 unspecified atom stereocenters. The SMILES string of the molecule is CCCC(O)CN(Cc1cccc(OC(F)(F)C(F)F)c1)c1cccc(OCc2cccc(OC(F)(F)F)c2)c1. The Hall–Kier alpha value is -3.67. The lowest BCUT2D eigenvalue weighted by Crippen LogP contribution is -2.33. The molecule has 0 saturated carbocycles. The summed E-state index contributed by atoms with van der Waals surface area (Å²) in [6, 6.07) is 17.4. The summed E-state index contributed by atoms with van der Waals surface area (Å²) in [5.74, 6) is -0.440. The van der Waals surface area contributed by atoms with E-state index in [2.05, 4.69) is 9.47 Å². The predicted octanol–water partition coefficient (Wildman–Crippen LogP) is 7.57. The van der Waals surface area contributed by atoms with E-state index in [9.17, 15) is 35.8 Å². The molecule has 0 aromatic heterocycles. The van der Waals surface area contributed by atoms with E-state index in [-0.39, 0.29) is 25.4 Å². The summed E-state index contributed by atoms with van der Waals surface area (Å²) in [6.45, 7) is 2.11. The molecule has 0 aliphatic heterocycles. The molecule has 12 heteroatoms. The second-order valence-corrected chi connectivity index (χ2v) is 8.92. The molecular formula is C28H28F7NO4. The average molecular weight is 576 g/mol. The van der Waals surface area contributed by atoms with E-state index in [1.807, 2.05) is 6.92 Å². The van der Waals surface area contributed by atoms with E-state index in [0.29, 0.717) is 35.4 Å². The Balaban J connectivity index is 1.77. The molecule has 1 atom stereocenters. The van der Waals surface area contributed by atoms with Gasteiger partial charge in [-0.3, -0.25) is 0 Å². The molecule has 1 N–H and O–H groups in total. The highest BCUT2D eigenvalue weighted by Gasteiger charge is 2.44. The highest BCUT2D eigenvalue weighted by molar-refractivity contribution is 5.51. The molecule has 5 nitrogen and oxygen atoms in total. The van der Waals surface area contributed by atoms with Crippen molar-refractivity contribution in [1.29, 1.82) is 0 Å². The van der Waals surface area contributed by atoms with E-state index >= 15 is 0 Å². The fourth-order valence-corrected chi connectivity index (χ4v) is 3.84. The summed E-state index contributed by atoms with van der Waals surface area (Å²) >= 11 is 0. The van der Waals surface area contributed by atoms with E-state index in [1.54, 1.807) is 41.3 Å². The molecule has 218 valence electrons. The van der Waals surface area contributed by atoms with Crippen molar-refractivity contribution in [2.75, 3.05) is 11.4 Å². The van der Waals surface area contributed by atoms with Gasteiger partial charge in [-0.25, -0.2) is 0 Å². The Kier molecular flexibility index (Phi) is 10.5. The number of benzene rings is 3. The maximum atomic E-state index is 13.4. The molecule has 0 bridgehead atoms. The zero-order valence-electron chi connectivity index (χ0n) is 21.4. The van der Waals surface area contributed by atoms with Crippen molar-refractivity contribution in [3.63, 3.8) is 0 Å².